The van der Waals surface area contributed by atoms with Crippen molar-refractivity contribution in [2.45, 2.75) is 58.1 Å². The minimum atomic E-state index is -0.417. The first-order valence-electron chi connectivity index (χ1n) is 8.04. The highest BCUT2D eigenvalue weighted by atomic mass is 16.5. The lowest BCUT2D eigenvalue weighted by atomic mass is 9.84. The maximum atomic E-state index is 11.7. The number of nitrogens with one attached hydrogen (secondary N) is 2. The van der Waals surface area contributed by atoms with Gasteiger partial charge in [0, 0.05) is 11.7 Å². The normalized spacial score (nSPS) is 28.3. The molecular formula is C17H24N2O2. The molecule has 114 valence electrons. The minimum Gasteiger partial charge on any atom is -0.479 e. The number of carbonyl (C=O) groups excluding carboxylic acids is 1. The maximum absolute atomic E-state index is 11.7. The summed E-state index contributed by atoms with van der Waals surface area (Å²) in [7, 11) is 0. The van der Waals surface area contributed by atoms with Crippen LogP contribution in [0.4, 0.5) is 11.4 Å². The molecule has 0 bridgehead atoms. The van der Waals surface area contributed by atoms with Crippen LogP contribution in [0.3, 0.4) is 0 Å². The van der Waals surface area contributed by atoms with E-state index in [2.05, 4.69) is 17.6 Å². The summed E-state index contributed by atoms with van der Waals surface area (Å²) in [6.07, 6.45) is 5.99. The largest absolute Gasteiger partial charge is 0.479 e. The first kappa shape index (κ1) is 14.2. The molecule has 1 aromatic carbocycles. The molecule has 1 aliphatic heterocycles. The van der Waals surface area contributed by atoms with Crippen LogP contribution >= 0.6 is 0 Å². The fourth-order valence-corrected chi connectivity index (χ4v) is 3.33. The van der Waals surface area contributed by atoms with Crippen molar-refractivity contribution in [1.29, 1.82) is 0 Å². The van der Waals surface area contributed by atoms with E-state index >= 15 is 0 Å². The van der Waals surface area contributed by atoms with Crippen LogP contribution in [0.2, 0.25) is 0 Å². The van der Waals surface area contributed by atoms with Crippen LogP contribution < -0.4 is 15.4 Å². The zero-order valence-corrected chi connectivity index (χ0v) is 12.8. The van der Waals surface area contributed by atoms with Crippen LogP contribution in [-0.4, -0.2) is 18.1 Å². The molecule has 2 aliphatic rings. The number of anilines is 2. The molecule has 4 nitrogen and oxygen atoms in total. The molecule has 4 heteroatoms. The molecule has 1 aliphatic carbocycles. The molecule has 0 spiro atoms. The average molecular weight is 288 g/mol. The van der Waals surface area contributed by atoms with Crippen LogP contribution in [0.5, 0.6) is 5.75 Å². The van der Waals surface area contributed by atoms with E-state index in [1.807, 2.05) is 18.2 Å². The van der Waals surface area contributed by atoms with Crippen LogP contribution in [0, 0.1) is 5.92 Å². The van der Waals surface area contributed by atoms with Crippen LogP contribution in [-0.2, 0) is 4.79 Å². The van der Waals surface area contributed by atoms with Gasteiger partial charge in [-0.25, -0.2) is 0 Å². The van der Waals surface area contributed by atoms with Gasteiger partial charge >= 0.3 is 0 Å². The molecular weight excluding hydrogens is 264 g/mol. The molecule has 1 amide bonds. The van der Waals surface area contributed by atoms with Crippen molar-refractivity contribution in [3.8, 4) is 5.75 Å². The van der Waals surface area contributed by atoms with Gasteiger partial charge in [-0.2, -0.15) is 0 Å². The number of hydrogen-bond donors (Lipinski definition) is 2. The molecule has 0 aromatic heterocycles. The first-order valence-corrected chi connectivity index (χ1v) is 8.04. The molecule has 3 unspecified atom stereocenters. The highest BCUT2D eigenvalue weighted by Crippen LogP contribution is 2.34. The van der Waals surface area contributed by atoms with E-state index in [9.17, 15) is 4.79 Å². The summed E-state index contributed by atoms with van der Waals surface area (Å²) >= 11 is 0. The summed E-state index contributed by atoms with van der Waals surface area (Å²) in [5, 5.41) is 6.52. The predicted molar refractivity (Wildman–Crippen MR) is 84.8 cm³/mol. The van der Waals surface area contributed by atoms with E-state index in [-0.39, 0.29) is 5.91 Å². The van der Waals surface area contributed by atoms with E-state index in [1.165, 1.54) is 32.1 Å². The topological polar surface area (TPSA) is 50.4 Å². The van der Waals surface area contributed by atoms with Gasteiger partial charge in [-0.15, -0.1) is 0 Å². The summed E-state index contributed by atoms with van der Waals surface area (Å²) in [4.78, 5) is 11.7. The molecule has 2 N–H and O–H groups in total. The standard InChI is InChI=1S/C17H24N2O2/c1-3-12-5-4-6-13(9-12)18-14-7-8-16-15(10-14)19-17(20)11(2)21-16/h7-8,10-13,18H,3-6,9H2,1-2H3,(H,19,20). The smallest absolute Gasteiger partial charge is 0.265 e. The second-order valence-electron chi connectivity index (χ2n) is 6.24. The lowest BCUT2D eigenvalue weighted by Crippen LogP contribution is -2.34. The molecule has 3 rings (SSSR count). The Kier molecular flexibility index (Phi) is 4.04. The molecule has 0 radical (unpaired) electrons. The summed E-state index contributed by atoms with van der Waals surface area (Å²) in [6.45, 7) is 4.04. The third kappa shape index (κ3) is 3.14. The van der Waals surface area contributed by atoms with Gasteiger partial charge in [0.2, 0.25) is 0 Å². The van der Waals surface area contributed by atoms with E-state index in [1.54, 1.807) is 6.92 Å². The van der Waals surface area contributed by atoms with Gasteiger partial charge in [0.25, 0.3) is 5.91 Å². The number of ether oxygens (including phenoxy) is 1. The monoisotopic (exact) mass is 288 g/mol. The van der Waals surface area contributed by atoms with Gasteiger partial charge < -0.3 is 15.4 Å². The van der Waals surface area contributed by atoms with Crippen molar-refractivity contribution in [2.75, 3.05) is 10.6 Å². The van der Waals surface area contributed by atoms with Gasteiger partial charge in [0.1, 0.15) is 5.75 Å². The summed E-state index contributed by atoms with van der Waals surface area (Å²) in [6, 6.07) is 6.50. The summed E-state index contributed by atoms with van der Waals surface area (Å²) in [5.41, 5.74) is 1.83. The minimum absolute atomic E-state index is 0.0802. The third-order valence-electron chi connectivity index (χ3n) is 4.64. The summed E-state index contributed by atoms with van der Waals surface area (Å²) in [5.74, 6) is 1.52. The summed E-state index contributed by atoms with van der Waals surface area (Å²) < 4.78 is 5.58. The van der Waals surface area contributed by atoms with Crippen molar-refractivity contribution in [3.63, 3.8) is 0 Å². The molecule has 1 heterocycles. The average Bonchev–Trinajstić information content (AvgIpc) is 2.49. The fraction of sp³-hybridized carbons (Fsp3) is 0.588. The van der Waals surface area contributed by atoms with E-state index < -0.39 is 6.10 Å². The fourth-order valence-electron chi connectivity index (χ4n) is 3.33. The highest BCUT2D eigenvalue weighted by Gasteiger charge is 2.24. The third-order valence-corrected chi connectivity index (χ3v) is 4.64. The van der Waals surface area contributed by atoms with Gasteiger partial charge in [-0.05, 0) is 43.9 Å². The van der Waals surface area contributed by atoms with Crippen molar-refractivity contribution in [1.82, 2.24) is 0 Å². The molecule has 21 heavy (non-hydrogen) atoms. The van der Waals surface area contributed by atoms with Crippen LogP contribution in [0.1, 0.15) is 46.0 Å². The Morgan fingerprint density at radius 1 is 1.38 bits per heavy atom. The maximum Gasteiger partial charge on any atom is 0.265 e. The lowest BCUT2D eigenvalue weighted by molar-refractivity contribution is -0.122. The van der Waals surface area contributed by atoms with E-state index in [0.29, 0.717) is 6.04 Å². The predicted octanol–water partition coefficient (Wildman–Crippen LogP) is 3.79. The highest BCUT2D eigenvalue weighted by molar-refractivity contribution is 5.98. The molecule has 1 fully saturated rings. The second kappa shape index (κ2) is 5.96. The Hall–Kier alpha value is -1.71. The Balaban J connectivity index is 1.69. The van der Waals surface area contributed by atoms with E-state index in [0.717, 1.165) is 23.0 Å². The Morgan fingerprint density at radius 2 is 2.24 bits per heavy atom. The van der Waals surface area contributed by atoms with Crippen molar-refractivity contribution in [3.05, 3.63) is 18.2 Å². The molecule has 1 aromatic rings. The quantitative estimate of drug-likeness (QED) is 0.889. The Morgan fingerprint density at radius 3 is 3.05 bits per heavy atom. The molecule has 0 saturated heterocycles. The number of hydrogen-bond acceptors (Lipinski definition) is 3. The zero-order chi connectivity index (χ0) is 14.8. The number of amides is 1. The van der Waals surface area contributed by atoms with Gasteiger partial charge in [-0.3, -0.25) is 4.79 Å². The Bertz CT molecular complexity index is 530. The number of benzene rings is 1. The zero-order valence-electron chi connectivity index (χ0n) is 12.8. The second-order valence-corrected chi connectivity index (χ2v) is 6.24. The van der Waals surface area contributed by atoms with Crippen molar-refractivity contribution >= 4 is 17.3 Å². The Labute approximate surface area is 126 Å². The van der Waals surface area contributed by atoms with Gasteiger partial charge in [0.05, 0.1) is 5.69 Å². The van der Waals surface area contributed by atoms with Crippen molar-refractivity contribution < 1.29 is 9.53 Å². The number of carbonyl (C=O) groups is 1. The van der Waals surface area contributed by atoms with Gasteiger partial charge in [-0.1, -0.05) is 26.2 Å². The van der Waals surface area contributed by atoms with Crippen molar-refractivity contribution in [2.24, 2.45) is 5.92 Å². The lowest BCUT2D eigenvalue weighted by Gasteiger charge is -2.30. The number of fused-ring (bicyclic) bond motifs is 1. The molecule has 1 saturated carbocycles. The molecule has 3 atom stereocenters. The van der Waals surface area contributed by atoms with Crippen LogP contribution in [0.15, 0.2) is 18.2 Å². The SMILES string of the molecule is CCC1CCCC(Nc2ccc3c(c2)NC(=O)C(C)O3)C1. The van der Waals surface area contributed by atoms with E-state index in [4.69, 9.17) is 4.74 Å². The number of rotatable bonds is 3. The van der Waals surface area contributed by atoms with Gasteiger partial charge in [0.15, 0.2) is 6.10 Å². The first-order chi connectivity index (χ1) is 10.2. The van der Waals surface area contributed by atoms with Crippen LogP contribution in [0.25, 0.3) is 0 Å².